The molecule has 0 spiro atoms. The standard InChI is InChI=1S/C5H12O4/c1-2-8-9-5(3-6)4-7/h5-7H,2-4H2,1H3. The van der Waals surface area contributed by atoms with E-state index in [0.29, 0.717) is 6.61 Å². The molecule has 0 aliphatic carbocycles. The van der Waals surface area contributed by atoms with Crippen LogP contribution in [0.2, 0.25) is 0 Å². The minimum absolute atomic E-state index is 0.226. The highest BCUT2D eigenvalue weighted by Crippen LogP contribution is 1.89. The number of hydrogen-bond acceptors (Lipinski definition) is 4. The summed E-state index contributed by atoms with van der Waals surface area (Å²) in [4.78, 5) is 8.95. The molecule has 0 rings (SSSR count). The average molecular weight is 136 g/mol. The summed E-state index contributed by atoms with van der Waals surface area (Å²) in [7, 11) is 0. The molecule has 0 saturated carbocycles. The first-order valence-corrected chi connectivity index (χ1v) is 2.85. The van der Waals surface area contributed by atoms with Crippen molar-refractivity contribution in [1.82, 2.24) is 0 Å². The lowest BCUT2D eigenvalue weighted by Gasteiger charge is -2.08. The molecule has 0 aromatic heterocycles. The van der Waals surface area contributed by atoms with Gasteiger partial charge in [0.1, 0.15) is 6.10 Å². The first kappa shape index (κ1) is 8.84. The zero-order valence-corrected chi connectivity index (χ0v) is 5.41. The van der Waals surface area contributed by atoms with Crippen molar-refractivity contribution < 1.29 is 20.0 Å². The molecule has 0 fully saturated rings. The van der Waals surface area contributed by atoms with Gasteiger partial charge in [-0.3, -0.25) is 0 Å². The number of rotatable bonds is 5. The molecule has 2 N–H and O–H groups in total. The SMILES string of the molecule is CCOOC(CO)CO. The maximum Gasteiger partial charge on any atom is 0.139 e. The molecule has 56 valence electrons. The van der Waals surface area contributed by atoms with Crippen molar-refractivity contribution in [2.45, 2.75) is 13.0 Å². The average Bonchev–Trinajstić information content (AvgIpc) is 1.91. The molecule has 0 bridgehead atoms. The summed E-state index contributed by atoms with van der Waals surface area (Å²) in [5, 5.41) is 16.8. The van der Waals surface area contributed by atoms with Crippen LogP contribution in [0.1, 0.15) is 6.92 Å². The van der Waals surface area contributed by atoms with E-state index in [-0.39, 0.29) is 13.2 Å². The van der Waals surface area contributed by atoms with Gasteiger partial charge in [0.05, 0.1) is 19.8 Å². The van der Waals surface area contributed by atoms with E-state index in [0.717, 1.165) is 0 Å². The van der Waals surface area contributed by atoms with Crippen molar-refractivity contribution in [3.05, 3.63) is 0 Å². The summed E-state index contributed by atoms with van der Waals surface area (Å²) in [5.41, 5.74) is 0. The third-order valence-electron chi connectivity index (χ3n) is 0.729. The summed E-state index contributed by atoms with van der Waals surface area (Å²) in [6.07, 6.45) is -0.607. The number of hydrogen-bond donors (Lipinski definition) is 2. The van der Waals surface area contributed by atoms with Crippen LogP contribution in [-0.4, -0.2) is 36.1 Å². The fourth-order valence-corrected chi connectivity index (χ4v) is 0.283. The second-order valence-electron chi connectivity index (χ2n) is 1.49. The monoisotopic (exact) mass is 136 g/mol. The first-order valence-electron chi connectivity index (χ1n) is 2.85. The zero-order chi connectivity index (χ0) is 7.11. The van der Waals surface area contributed by atoms with Crippen LogP contribution in [0.15, 0.2) is 0 Å². The molecule has 0 aliphatic rings. The van der Waals surface area contributed by atoms with Gasteiger partial charge in [-0.05, 0) is 6.92 Å². The minimum Gasteiger partial charge on any atom is -0.393 e. The van der Waals surface area contributed by atoms with Gasteiger partial charge in [-0.2, -0.15) is 0 Å². The molecule has 0 saturated heterocycles. The Bertz CT molecular complexity index is 52.9. The lowest BCUT2D eigenvalue weighted by Crippen LogP contribution is -2.21. The topological polar surface area (TPSA) is 58.9 Å². The van der Waals surface area contributed by atoms with E-state index < -0.39 is 6.10 Å². The van der Waals surface area contributed by atoms with Gasteiger partial charge in [0.15, 0.2) is 0 Å². The molecule has 0 unspecified atom stereocenters. The minimum atomic E-state index is -0.607. The summed E-state index contributed by atoms with van der Waals surface area (Å²) in [6, 6.07) is 0. The zero-order valence-electron chi connectivity index (χ0n) is 5.41. The van der Waals surface area contributed by atoms with Crippen LogP contribution in [-0.2, 0) is 9.78 Å². The van der Waals surface area contributed by atoms with Crippen LogP contribution in [0.5, 0.6) is 0 Å². The van der Waals surface area contributed by atoms with Gasteiger partial charge in [-0.1, -0.05) is 0 Å². The molecule has 0 heterocycles. The van der Waals surface area contributed by atoms with E-state index in [4.69, 9.17) is 10.2 Å². The number of aliphatic hydroxyl groups is 2. The molecule has 9 heavy (non-hydrogen) atoms. The molecule has 0 aromatic rings. The van der Waals surface area contributed by atoms with Gasteiger partial charge >= 0.3 is 0 Å². The van der Waals surface area contributed by atoms with E-state index in [2.05, 4.69) is 9.78 Å². The molecule has 4 heteroatoms. The van der Waals surface area contributed by atoms with Crippen molar-refractivity contribution in [1.29, 1.82) is 0 Å². The predicted octanol–water partition coefficient (Wildman–Crippen LogP) is -0.692. The van der Waals surface area contributed by atoms with Gasteiger partial charge in [0, 0.05) is 0 Å². The normalized spacial score (nSPS) is 10.7. The highest BCUT2D eigenvalue weighted by Gasteiger charge is 2.04. The van der Waals surface area contributed by atoms with E-state index in [1.807, 2.05) is 0 Å². The van der Waals surface area contributed by atoms with Crippen LogP contribution in [0, 0.1) is 0 Å². The molecule has 0 aliphatic heterocycles. The Hall–Kier alpha value is -0.160. The summed E-state index contributed by atoms with van der Waals surface area (Å²) >= 11 is 0. The Balaban J connectivity index is 3.09. The van der Waals surface area contributed by atoms with Crippen LogP contribution in [0.4, 0.5) is 0 Å². The highest BCUT2D eigenvalue weighted by molar-refractivity contribution is 4.46. The molecular formula is C5H12O4. The quantitative estimate of drug-likeness (QED) is 0.388. The Morgan fingerprint density at radius 2 is 1.89 bits per heavy atom. The van der Waals surface area contributed by atoms with Crippen molar-refractivity contribution >= 4 is 0 Å². The second-order valence-corrected chi connectivity index (χ2v) is 1.49. The van der Waals surface area contributed by atoms with Crippen molar-refractivity contribution in [3.63, 3.8) is 0 Å². The lowest BCUT2D eigenvalue weighted by molar-refractivity contribution is -0.330. The van der Waals surface area contributed by atoms with Crippen LogP contribution in [0.3, 0.4) is 0 Å². The third-order valence-corrected chi connectivity index (χ3v) is 0.729. The van der Waals surface area contributed by atoms with E-state index in [9.17, 15) is 0 Å². The molecule has 4 nitrogen and oxygen atoms in total. The Kier molecular flexibility index (Phi) is 5.86. The van der Waals surface area contributed by atoms with Crippen molar-refractivity contribution in [3.8, 4) is 0 Å². The number of aliphatic hydroxyl groups excluding tert-OH is 2. The molecular weight excluding hydrogens is 124 g/mol. The Labute approximate surface area is 53.9 Å². The largest absolute Gasteiger partial charge is 0.393 e. The molecule has 0 amide bonds. The van der Waals surface area contributed by atoms with E-state index in [1.165, 1.54) is 0 Å². The van der Waals surface area contributed by atoms with E-state index >= 15 is 0 Å². The lowest BCUT2D eigenvalue weighted by atomic mass is 10.4. The van der Waals surface area contributed by atoms with Crippen LogP contribution >= 0.6 is 0 Å². The smallest absolute Gasteiger partial charge is 0.139 e. The maximum atomic E-state index is 8.39. The third kappa shape index (κ3) is 4.35. The predicted molar refractivity (Wildman–Crippen MR) is 30.7 cm³/mol. The van der Waals surface area contributed by atoms with Crippen LogP contribution < -0.4 is 0 Å². The summed E-state index contributed by atoms with van der Waals surface area (Å²) in [6.45, 7) is 1.72. The second kappa shape index (κ2) is 5.97. The molecule has 0 aromatic carbocycles. The maximum absolute atomic E-state index is 8.39. The fourth-order valence-electron chi connectivity index (χ4n) is 0.283. The summed E-state index contributed by atoms with van der Waals surface area (Å²) < 4.78 is 0. The highest BCUT2D eigenvalue weighted by atomic mass is 17.2. The van der Waals surface area contributed by atoms with Gasteiger partial charge in [-0.15, -0.1) is 0 Å². The van der Waals surface area contributed by atoms with Gasteiger partial charge in [-0.25, -0.2) is 9.78 Å². The van der Waals surface area contributed by atoms with Gasteiger partial charge in [0.2, 0.25) is 0 Å². The van der Waals surface area contributed by atoms with Gasteiger partial charge < -0.3 is 10.2 Å². The van der Waals surface area contributed by atoms with Crippen molar-refractivity contribution in [2.75, 3.05) is 19.8 Å². The summed E-state index contributed by atoms with van der Waals surface area (Å²) in [5.74, 6) is 0. The van der Waals surface area contributed by atoms with Crippen LogP contribution in [0.25, 0.3) is 0 Å². The molecule has 0 radical (unpaired) electrons. The van der Waals surface area contributed by atoms with Crippen molar-refractivity contribution in [2.24, 2.45) is 0 Å². The molecule has 0 atom stereocenters. The van der Waals surface area contributed by atoms with E-state index in [1.54, 1.807) is 6.92 Å². The van der Waals surface area contributed by atoms with Gasteiger partial charge in [0.25, 0.3) is 0 Å². The fraction of sp³-hybridized carbons (Fsp3) is 1.00. The Morgan fingerprint density at radius 1 is 1.33 bits per heavy atom. The first-order chi connectivity index (χ1) is 4.35. The Morgan fingerprint density at radius 3 is 2.22 bits per heavy atom.